The van der Waals surface area contributed by atoms with Crippen LogP contribution in [-0.4, -0.2) is 105 Å². The molecule has 0 aromatic carbocycles. The van der Waals surface area contributed by atoms with E-state index in [1.54, 1.807) is 12.2 Å². The maximum atomic E-state index is 12.2. The van der Waals surface area contributed by atoms with Crippen LogP contribution >= 0.6 is 0 Å². The van der Waals surface area contributed by atoms with Crippen molar-refractivity contribution in [3.05, 3.63) is 25.3 Å². The molecule has 2 aliphatic heterocycles. The fraction of sp³-hybridized carbons (Fsp3) is 0.778. The maximum Gasteiger partial charge on any atom is 0.407 e. The number of carbonyl (C=O) groups is 2. The predicted molar refractivity (Wildman–Crippen MR) is 140 cm³/mol. The number of amides is 1. The number of esters is 1. The normalized spacial score (nSPS) is 23.8. The van der Waals surface area contributed by atoms with Crippen LogP contribution in [-0.2, 0) is 23.7 Å². The molecule has 9 nitrogen and oxygen atoms in total. The standard InChI is InChI=1S/C27H47N3O6/c1-5-14-33-20-24(18-29-16-22(29)3)35-26(31)12-10-8-7-9-11-13-28-27(32)36-25(21-34-15-6-2)19-30-17-23(30)4/h5-6,22-25H,1-2,7-21H2,3-4H3,(H,28,32). The summed E-state index contributed by atoms with van der Waals surface area (Å²) in [7, 11) is 0. The summed E-state index contributed by atoms with van der Waals surface area (Å²) >= 11 is 0. The lowest BCUT2D eigenvalue weighted by atomic mass is 10.1. The first-order chi connectivity index (χ1) is 17.4. The molecule has 2 rings (SSSR count). The van der Waals surface area contributed by atoms with E-state index in [0.29, 0.717) is 58.0 Å². The number of nitrogens with one attached hydrogen (secondary N) is 1. The molecule has 2 saturated heterocycles. The minimum atomic E-state index is -0.400. The van der Waals surface area contributed by atoms with Gasteiger partial charge in [0.2, 0.25) is 0 Å². The molecule has 2 heterocycles. The van der Waals surface area contributed by atoms with Crippen LogP contribution in [0.1, 0.15) is 52.4 Å². The average molecular weight is 510 g/mol. The van der Waals surface area contributed by atoms with Gasteiger partial charge in [0.15, 0.2) is 0 Å². The van der Waals surface area contributed by atoms with Gasteiger partial charge in [0.1, 0.15) is 12.2 Å². The Morgan fingerprint density at radius 2 is 1.36 bits per heavy atom. The summed E-state index contributed by atoms with van der Waals surface area (Å²) in [5.41, 5.74) is 0. The summed E-state index contributed by atoms with van der Waals surface area (Å²) in [5, 5.41) is 2.83. The van der Waals surface area contributed by atoms with Gasteiger partial charge in [0.05, 0.1) is 26.4 Å². The van der Waals surface area contributed by atoms with Crippen molar-refractivity contribution in [2.24, 2.45) is 0 Å². The van der Waals surface area contributed by atoms with E-state index >= 15 is 0 Å². The number of nitrogens with zero attached hydrogens (tertiary/aromatic N) is 2. The molecule has 0 aromatic rings. The molecule has 36 heavy (non-hydrogen) atoms. The second-order valence-corrected chi connectivity index (χ2v) is 9.84. The Hall–Kier alpha value is -1.94. The minimum absolute atomic E-state index is 0.162. The highest BCUT2D eigenvalue weighted by molar-refractivity contribution is 5.69. The fourth-order valence-electron chi connectivity index (χ4n) is 3.98. The molecule has 0 radical (unpaired) electrons. The molecule has 0 bridgehead atoms. The highest BCUT2D eigenvalue weighted by atomic mass is 16.6. The zero-order valence-corrected chi connectivity index (χ0v) is 22.3. The number of ether oxygens (including phenoxy) is 4. The molecule has 9 heteroatoms. The summed E-state index contributed by atoms with van der Waals surface area (Å²) in [6.45, 7) is 17.3. The van der Waals surface area contributed by atoms with E-state index in [1.807, 2.05) is 0 Å². The van der Waals surface area contributed by atoms with Crippen LogP contribution in [0, 0.1) is 0 Å². The number of rotatable bonds is 22. The van der Waals surface area contributed by atoms with Gasteiger partial charge in [-0.25, -0.2) is 4.79 Å². The Labute approximate surface area is 217 Å². The first-order valence-corrected chi connectivity index (χ1v) is 13.4. The molecule has 6 unspecified atom stereocenters. The van der Waals surface area contributed by atoms with E-state index in [2.05, 4.69) is 42.1 Å². The van der Waals surface area contributed by atoms with Crippen molar-refractivity contribution in [2.75, 3.05) is 59.2 Å². The quantitative estimate of drug-likeness (QED) is 0.103. The van der Waals surface area contributed by atoms with E-state index < -0.39 is 6.09 Å². The molecule has 0 saturated carbocycles. The second kappa shape index (κ2) is 17.5. The molecule has 1 amide bonds. The van der Waals surface area contributed by atoms with Crippen molar-refractivity contribution >= 4 is 12.1 Å². The van der Waals surface area contributed by atoms with Crippen LogP contribution in [0.2, 0.25) is 0 Å². The molecular formula is C27H47N3O6. The van der Waals surface area contributed by atoms with Gasteiger partial charge in [-0.15, -0.1) is 13.2 Å². The third-order valence-corrected chi connectivity index (χ3v) is 6.33. The Morgan fingerprint density at radius 3 is 1.89 bits per heavy atom. The zero-order valence-electron chi connectivity index (χ0n) is 22.3. The number of unbranched alkanes of at least 4 members (excludes halogenated alkanes) is 4. The van der Waals surface area contributed by atoms with Gasteiger partial charge in [0, 0.05) is 51.2 Å². The molecule has 0 aromatic heterocycles. The van der Waals surface area contributed by atoms with Crippen molar-refractivity contribution in [1.82, 2.24) is 15.1 Å². The third-order valence-electron chi connectivity index (χ3n) is 6.33. The Bertz CT molecular complexity index is 620. The topological polar surface area (TPSA) is 89.1 Å². The maximum absolute atomic E-state index is 12.2. The van der Waals surface area contributed by atoms with E-state index in [0.717, 1.165) is 51.7 Å². The molecule has 206 valence electrons. The monoisotopic (exact) mass is 509 g/mol. The lowest BCUT2D eigenvalue weighted by Crippen LogP contribution is -2.36. The Balaban J connectivity index is 1.48. The van der Waals surface area contributed by atoms with Crippen molar-refractivity contribution in [3.8, 4) is 0 Å². The SMILES string of the molecule is C=CCOCC(CN1CC1C)OC(=O)CCCCCCCNC(=O)OC(COCC=C)CN1CC1C. The van der Waals surface area contributed by atoms with E-state index in [9.17, 15) is 9.59 Å². The van der Waals surface area contributed by atoms with Gasteiger partial charge in [-0.2, -0.15) is 0 Å². The Morgan fingerprint density at radius 1 is 0.861 bits per heavy atom. The fourth-order valence-corrected chi connectivity index (χ4v) is 3.98. The van der Waals surface area contributed by atoms with Gasteiger partial charge < -0.3 is 24.3 Å². The van der Waals surface area contributed by atoms with Crippen molar-refractivity contribution < 1.29 is 28.5 Å². The van der Waals surface area contributed by atoms with E-state index in [1.165, 1.54) is 0 Å². The summed E-state index contributed by atoms with van der Waals surface area (Å²) in [6.07, 6.45) is 7.51. The van der Waals surface area contributed by atoms with Crippen LogP contribution in [0.15, 0.2) is 25.3 Å². The molecule has 1 N–H and O–H groups in total. The van der Waals surface area contributed by atoms with Crippen LogP contribution in [0.25, 0.3) is 0 Å². The average Bonchev–Trinajstić information content (AvgIpc) is 3.73. The lowest BCUT2D eigenvalue weighted by molar-refractivity contribution is -0.152. The smallest absolute Gasteiger partial charge is 0.407 e. The summed E-state index contributed by atoms with van der Waals surface area (Å²) in [6, 6.07) is 1.10. The van der Waals surface area contributed by atoms with Gasteiger partial charge in [0.25, 0.3) is 0 Å². The van der Waals surface area contributed by atoms with E-state index in [-0.39, 0.29) is 18.2 Å². The molecular weight excluding hydrogens is 462 g/mol. The number of alkyl carbamates (subject to hydrolysis) is 1. The van der Waals surface area contributed by atoms with Crippen molar-refractivity contribution in [1.29, 1.82) is 0 Å². The van der Waals surface area contributed by atoms with Crippen LogP contribution < -0.4 is 5.32 Å². The highest BCUT2D eigenvalue weighted by Gasteiger charge is 2.33. The summed E-state index contributed by atoms with van der Waals surface area (Å²) in [4.78, 5) is 28.9. The van der Waals surface area contributed by atoms with Gasteiger partial charge >= 0.3 is 12.1 Å². The molecule has 2 aliphatic rings. The molecule has 2 fully saturated rings. The molecule has 6 atom stereocenters. The highest BCUT2D eigenvalue weighted by Crippen LogP contribution is 2.18. The molecule has 0 spiro atoms. The Kier molecular flexibility index (Phi) is 14.7. The van der Waals surface area contributed by atoms with Crippen LogP contribution in [0.4, 0.5) is 4.79 Å². The number of hydrogen-bond acceptors (Lipinski definition) is 8. The number of carbonyl (C=O) groups excluding carboxylic acids is 2. The van der Waals surface area contributed by atoms with Gasteiger partial charge in [-0.05, 0) is 26.7 Å². The number of hydrogen-bond donors (Lipinski definition) is 1. The first-order valence-electron chi connectivity index (χ1n) is 13.4. The van der Waals surface area contributed by atoms with Crippen molar-refractivity contribution in [3.63, 3.8) is 0 Å². The second-order valence-electron chi connectivity index (χ2n) is 9.84. The van der Waals surface area contributed by atoms with Crippen molar-refractivity contribution in [2.45, 2.75) is 76.7 Å². The first kappa shape index (κ1) is 30.3. The minimum Gasteiger partial charge on any atom is -0.459 e. The largest absolute Gasteiger partial charge is 0.459 e. The summed E-state index contributed by atoms with van der Waals surface area (Å²) in [5.74, 6) is -0.162. The molecule has 0 aliphatic carbocycles. The van der Waals surface area contributed by atoms with Gasteiger partial charge in [-0.1, -0.05) is 31.4 Å². The van der Waals surface area contributed by atoms with E-state index in [4.69, 9.17) is 18.9 Å². The zero-order chi connectivity index (χ0) is 26.2. The predicted octanol–water partition coefficient (Wildman–Crippen LogP) is 3.15. The van der Waals surface area contributed by atoms with Crippen LogP contribution in [0.3, 0.4) is 0 Å². The lowest BCUT2D eigenvalue weighted by Gasteiger charge is -2.19. The van der Waals surface area contributed by atoms with Crippen LogP contribution in [0.5, 0.6) is 0 Å². The summed E-state index contributed by atoms with van der Waals surface area (Å²) < 4.78 is 22.2. The third kappa shape index (κ3) is 14.0. The van der Waals surface area contributed by atoms with Gasteiger partial charge in [-0.3, -0.25) is 14.6 Å².